The third kappa shape index (κ3) is 4.98. The Morgan fingerprint density at radius 1 is 0.860 bits per heavy atom. The Kier molecular flexibility index (Phi) is 8.74. The highest BCUT2D eigenvalue weighted by atomic mass is 16.5. The molecule has 6 rings (SSSR count). The maximum atomic E-state index is 14.3. The molecule has 8 heteroatoms. The summed E-state index contributed by atoms with van der Waals surface area (Å²) in [4.78, 5) is 53.5. The van der Waals surface area contributed by atoms with Gasteiger partial charge in [0.2, 0.25) is 5.91 Å². The molecule has 0 aromatic heterocycles. The molecule has 5 fully saturated rings. The first-order valence-corrected chi connectivity index (χ1v) is 19.6. The van der Waals surface area contributed by atoms with Crippen LogP contribution in [0.4, 0.5) is 0 Å². The third-order valence-corrected chi connectivity index (χ3v) is 16.8. The van der Waals surface area contributed by atoms with E-state index in [1.165, 1.54) is 0 Å². The standard InChI is InChI=1S/C42H65NO7/c1-23(2)31-27(45)21-42(35(49)43-36(3,4)22-44)19-18-40(10)24(32(31)42)12-13-29-39(9)16-15-30(38(7,8)28(39)14-17-41(29,40)11)50-34(48)26-20-25(33(46)47)37(26,5)6/h23-26,28-30,44H,12-22H2,1-11H3,(H,43,49)(H,46,47)/t24-,25+,26-,28+,29-,30+,39+,40-,41-,42-/m1/s1. The highest BCUT2D eigenvalue weighted by Crippen LogP contribution is 2.77. The Morgan fingerprint density at radius 2 is 1.52 bits per heavy atom. The molecule has 3 N–H and O–H groups in total. The number of carboxylic acid groups (broad SMARTS) is 1. The van der Waals surface area contributed by atoms with Gasteiger partial charge in [0.15, 0.2) is 5.78 Å². The summed E-state index contributed by atoms with van der Waals surface area (Å²) >= 11 is 0. The van der Waals surface area contributed by atoms with Crippen molar-refractivity contribution < 1.29 is 34.1 Å². The molecule has 10 atom stereocenters. The Hall–Kier alpha value is -2.22. The van der Waals surface area contributed by atoms with Crippen LogP contribution < -0.4 is 5.32 Å². The van der Waals surface area contributed by atoms with E-state index in [2.05, 4.69) is 53.8 Å². The molecule has 5 saturated carbocycles. The maximum absolute atomic E-state index is 14.3. The van der Waals surface area contributed by atoms with Gasteiger partial charge in [0, 0.05) is 11.8 Å². The van der Waals surface area contributed by atoms with Crippen LogP contribution in [0, 0.1) is 68.0 Å². The smallest absolute Gasteiger partial charge is 0.309 e. The van der Waals surface area contributed by atoms with Crippen LogP contribution in [0.15, 0.2) is 11.1 Å². The third-order valence-electron chi connectivity index (χ3n) is 16.8. The number of carbonyl (C=O) groups is 4. The zero-order valence-electron chi connectivity index (χ0n) is 32.8. The van der Waals surface area contributed by atoms with Crippen molar-refractivity contribution in [2.24, 2.45) is 68.0 Å². The molecule has 0 aromatic carbocycles. The molecule has 6 aliphatic rings. The van der Waals surface area contributed by atoms with Crippen LogP contribution in [-0.2, 0) is 23.9 Å². The fourth-order valence-electron chi connectivity index (χ4n) is 13.5. The van der Waals surface area contributed by atoms with Crippen molar-refractivity contribution in [2.45, 2.75) is 152 Å². The lowest BCUT2D eigenvalue weighted by atomic mass is 9.33. The first-order valence-electron chi connectivity index (χ1n) is 19.6. The normalized spacial score (nSPS) is 43.2. The van der Waals surface area contributed by atoms with Gasteiger partial charge in [0.25, 0.3) is 0 Å². The number of esters is 1. The summed E-state index contributed by atoms with van der Waals surface area (Å²) in [5.41, 5.74) is -0.480. The molecule has 280 valence electrons. The number of aliphatic hydroxyl groups excluding tert-OH is 1. The van der Waals surface area contributed by atoms with Crippen LogP contribution in [0.2, 0.25) is 0 Å². The number of Topliss-reactive ketones (excluding diaryl/α,β-unsaturated/α-hetero) is 1. The number of ether oxygens (including phenoxy) is 1. The summed E-state index contributed by atoms with van der Waals surface area (Å²) in [6, 6.07) is 0. The number of allylic oxidation sites excluding steroid dienone is 1. The summed E-state index contributed by atoms with van der Waals surface area (Å²) in [5, 5.41) is 22.8. The molecule has 0 spiro atoms. The van der Waals surface area contributed by atoms with Crippen molar-refractivity contribution in [3.8, 4) is 0 Å². The molecular formula is C42H65NO7. The van der Waals surface area contributed by atoms with E-state index >= 15 is 0 Å². The molecule has 8 nitrogen and oxygen atoms in total. The van der Waals surface area contributed by atoms with Gasteiger partial charge in [-0.15, -0.1) is 0 Å². The summed E-state index contributed by atoms with van der Waals surface area (Å²) < 4.78 is 6.38. The van der Waals surface area contributed by atoms with E-state index in [0.29, 0.717) is 24.7 Å². The summed E-state index contributed by atoms with van der Waals surface area (Å²) in [7, 11) is 0. The van der Waals surface area contributed by atoms with Gasteiger partial charge < -0.3 is 20.3 Å². The van der Waals surface area contributed by atoms with Gasteiger partial charge in [0.05, 0.1) is 29.4 Å². The van der Waals surface area contributed by atoms with Crippen molar-refractivity contribution in [3.63, 3.8) is 0 Å². The molecule has 0 aliphatic heterocycles. The number of hydrogen-bond acceptors (Lipinski definition) is 6. The van der Waals surface area contributed by atoms with Crippen LogP contribution >= 0.6 is 0 Å². The Balaban J connectivity index is 1.29. The monoisotopic (exact) mass is 695 g/mol. The lowest BCUT2D eigenvalue weighted by molar-refractivity contribution is -0.236. The largest absolute Gasteiger partial charge is 0.481 e. The SMILES string of the molecule is CC(C)C1=C2[C@H]3CC[C@@H]4[C@@]5(C)CC[C@H](OC(=O)[C@H]6C[C@@H](C(=O)O)C6(C)C)C(C)(C)[C@@H]5CC[C@@]4(C)[C@]3(C)CC[C@@]2(C(=O)NC(C)(C)CO)CC1=O. The number of hydrogen-bond donors (Lipinski definition) is 3. The number of fused-ring (bicyclic) bond motifs is 7. The van der Waals surface area contributed by atoms with E-state index in [1.807, 2.05) is 27.7 Å². The van der Waals surface area contributed by atoms with Gasteiger partial charge in [-0.1, -0.05) is 62.3 Å². The maximum Gasteiger partial charge on any atom is 0.309 e. The number of amides is 1. The predicted octanol–water partition coefficient (Wildman–Crippen LogP) is 7.51. The number of aliphatic carboxylic acids is 1. The van der Waals surface area contributed by atoms with Crippen LogP contribution in [0.3, 0.4) is 0 Å². The van der Waals surface area contributed by atoms with Gasteiger partial charge in [-0.25, -0.2) is 0 Å². The molecule has 0 bridgehead atoms. The van der Waals surface area contributed by atoms with E-state index in [1.54, 1.807) is 0 Å². The fraction of sp³-hybridized carbons (Fsp3) is 0.857. The van der Waals surface area contributed by atoms with Crippen molar-refractivity contribution >= 4 is 23.6 Å². The Bertz CT molecular complexity index is 1510. The zero-order chi connectivity index (χ0) is 37.2. The second kappa shape index (κ2) is 11.6. The van der Waals surface area contributed by atoms with Gasteiger partial charge in [0.1, 0.15) is 6.10 Å². The quantitative estimate of drug-likeness (QED) is 0.235. The molecular weight excluding hydrogens is 630 g/mol. The summed E-state index contributed by atoms with van der Waals surface area (Å²) in [6.07, 6.45) is 7.78. The topological polar surface area (TPSA) is 130 Å². The second-order valence-corrected chi connectivity index (χ2v) is 20.6. The summed E-state index contributed by atoms with van der Waals surface area (Å²) in [6.45, 7) is 23.5. The number of carboxylic acids is 1. The number of nitrogens with one attached hydrogen (secondary N) is 1. The number of aliphatic hydroxyl groups is 1. The second-order valence-electron chi connectivity index (χ2n) is 20.6. The minimum atomic E-state index is -0.846. The van der Waals surface area contributed by atoms with Crippen LogP contribution in [-0.4, -0.2) is 52.1 Å². The molecule has 0 radical (unpaired) electrons. The van der Waals surface area contributed by atoms with Crippen LogP contribution in [0.5, 0.6) is 0 Å². The van der Waals surface area contributed by atoms with Crippen LogP contribution in [0.1, 0.15) is 140 Å². The average molecular weight is 696 g/mol. The predicted molar refractivity (Wildman–Crippen MR) is 192 cm³/mol. The minimum absolute atomic E-state index is 0.0102. The lowest BCUT2D eigenvalue weighted by Crippen LogP contribution is -2.66. The number of carbonyl (C=O) groups excluding carboxylic acids is 3. The molecule has 0 aromatic rings. The Labute approximate surface area is 300 Å². The summed E-state index contributed by atoms with van der Waals surface area (Å²) in [5.74, 6) is -0.936. The van der Waals surface area contributed by atoms with Crippen LogP contribution in [0.25, 0.3) is 0 Å². The number of ketones is 1. The average Bonchev–Trinajstić information content (AvgIpc) is 3.31. The van der Waals surface area contributed by atoms with Gasteiger partial charge >= 0.3 is 11.9 Å². The number of rotatable bonds is 7. The van der Waals surface area contributed by atoms with Crippen molar-refractivity contribution in [2.75, 3.05) is 6.61 Å². The van der Waals surface area contributed by atoms with E-state index in [0.717, 1.165) is 56.1 Å². The molecule has 6 aliphatic carbocycles. The first kappa shape index (κ1) is 37.5. The molecule has 0 unspecified atom stereocenters. The van der Waals surface area contributed by atoms with E-state index in [-0.39, 0.29) is 76.2 Å². The Morgan fingerprint density at radius 3 is 2.10 bits per heavy atom. The molecule has 1 amide bonds. The van der Waals surface area contributed by atoms with Gasteiger partial charge in [-0.05, 0) is 128 Å². The lowest BCUT2D eigenvalue weighted by Gasteiger charge is -2.72. The molecule has 0 heterocycles. The van der Waals surface area contributed by atoms with Gasteiger partial charge in [-0.3, -0.25) is 19.2 Å². The van der Waals surface area contributed by atoms with E-state index in [4.69, 9.17) is 4.74 Å². The highest BCUT2D eigenvalue weighted by molar-refractivity contribution is 6.07. The van der Waals surface area contributed by atoms with Crippen molar-refractivity contribution in [1.29, 1.82) is 0 Å². The van der Waals surface area contributed by atoms with Crippen molar-refractivity contribution in [1.82, 2.24) is 5.32 Å². The minimum Gasteiger partial charge on any atom is -0.481 e. The fourth-order valence-corrected chi connectivity index (χ4v) is 13.5. The van der Waals surface area contributed by atoms with Gasteiger partial charge in [-0.2, -0.15) is 0 Å². The van der Waals surface area contributed by atoms with E-state index < -0.39 is 28.3 Å². The molecule has 0 saturated heterocycles. The zero-order valence-corrected chi connectivity index (χ0v) is 32.8. The van der Waals surface area contributed by atoms with Crippen molar-refractivity contribution in [3.05, 3.63) is 11.1 Å². The van der Waals surface area contributed by atoms with E-state index in [9.17, 15) is 29.4 Å². The highest BCUT2D eigenvalue weighted by Gasteiger charge is 2.71. The first-order chi connectivity index (χ1) is 22.9. The molecule has 50 heavy (non-hydrogen) atoms.